The fourth-order valence-electron chi connectivity index (χ4n) is 3.74. The van der Waals surface area contributed by atoms with E-state index in [1.54, 1.807) is 65.3 Å². The molecule has 1 aromatic heterocycles. The van der Waals surface area contributed by atoms with Gasteiger partial charge < -0.3 is 15.0 Å². The highest BCUT2D eigenvalue weighted by molar-refractivity contribution is 6.33. The quantitative estimate of drug-likeness (QED) is 0.633. The van der Waals surface area contributed by atoms with Crippen molar-refractivity contribution in [2.24, 2.45) is 7.05 Å². The largest absolute Gasteiger partial charge is 0.495 e. The van der Waals surface area contributed by atoms with Gasteiger partial charge in [0.1, 0.15) is 5.75 Å². The van der Waals surface area contributed by atoms with E-state index in [0.717, 1.165) is 5.69 Å². The summed E-state index contributed by atoms with van der Waals surface area (Å²) in [6.45, 7) is 0.413. The van der Waals surface area contributed by atoms with Gasteiger partial charge in [0, 0.05) is 19.2 Å². The van der Waals surface area contributed by atoms with Crippen LogP contribution in [0.4, 0.5) is 5.69 Å². The maximum absolute atomic E-state index is 13.2. The van der Waals surface area contributed by atoms with Crippen molar-refractivity contribution in [3.05, 3.63) is 75.5 Å². The van der Waals surface area contributed by atoms with E-state index < -0.39 is 0 Å². The van der Waals surface area contributed by atoms with Crippen LogP contribution in [0.2, 0.25) is 10.0 Å². The van der Waals surface area contributed by atoms with Gasteiger partial charge in [0.25, 0.3) is 11.8 Å². The Kier molecular flexibility index (Phi) is 5.89. The number of halogens is 2. The number of rotatable bonds is 4. The van der Waals surface area contributed by atoms with Gasteiger partial charge in [-0.3, -0.25) is 14.3 Å². The molecule has 0 bridgehead atoms. The number of nitrogens with one attached hydrogen (secondary N) is 1. The zero-order valence-corrected chi connectivity index (χ0v) is 18.4. The molecule has 2 aromatic carbocycles. The van der Waals surface area contributed by atoms with E-state index in [1.807, 2.05) is 0 Å². The molecule has 160 valence electrons. The van der Waals surface area contributed by atoms with Crippen LogP contribution in [-0.2, 0) is 7.05 Å². The van der Waals surface area contributed by atoms with Crippen molar-refractivity contribution < 1.29 is 14.3 Å². The molecule has 9 heteroatoms. The van der Waals surface area contributed by atoms with Crippen LogP contribution in [0.1, 0.15) is 38.9 Å². The zero-order chi connectivity index (χ0) is 22.1. The Morgan fingerprint density at radius 3 is 2.68 bits per heavy atom. The van der Waals surface area contributed by atoms with E-state index in [9.17, 15) is 9.59 Å². The number of aromatic nitrogens is 2. The van der Waals surface area contributed by atoms with Crippen molar-refractivity contribution >= 4 is 40.7 Å². The van der Waals surface area contributed by atoms with Crippen molar-refractivity contribution in [2.75, 3.05) is 18.6 Å². The average Bonchev–Trinajstić information content (AvgIpc) is 3.16. The van der Waals surface area contributed by atoms with Crippen molar-refractivity contribution in [1.29, 1.82) is 0 Å². The molecule has 0 saturated heterocycles. The van der Waals surface area contributed by atoms with Crippen LogP contribution in [-0.4, -0.2) is 35.2 Å². The van der Waals surface area contributed by atoms with Crippen molar-refractivity contribution in [3.63, 3.8) is 0 Å². The lowest BCUT2D eigenvalue weighted by atomic mass is 10.0. The number of anilines is 1. The Labute approximate surface area is 189 Å². The number of aryl methyl sites for hydroxylation is 1. The smallest absolute Gasteiger partial charge is 0.258 e. The number of methoxy groups -OCH3 is 1. The summed E-state index contributed by atoms with van der Waals surface area (Å²) in [4.78, 5) is 27.7. The molecule has 0 spiro atoms. The van der Waals surface area contributed by atoms with Crippen molar-refractivity contribution in [3.8, 4) is 5.75 Å². The van der Waals surface area contributed by atoms with E-state index in [4.69, 9.17) is 27.9 Å². The number of ether oxygens (including phenoxy) is 1. The van der Waals surface area contributed by atoms with E-state index in [2.05, 4.69) is 10.4 Å². The summed E-state index contributed by atoms with van der Waals surface area (Å²) in [5.74, 6) is -0.0362. The average molecular weight is 459 g/mol. The molecule has 2 heterocycles. The van der Waals surface area contributed by atoms with Gasteiger partial charge in [-0.2, -0.15) is 5.10 Å². The number of carbonyl (C=O) groups is 2. The van der Waals surface area contributed by atoms with Crippen LogP contribution < -0.4 is 15.0 Å². The van der Waals surface area contributed by atoms with Gasteiger partial charge in [0.2, 0.25) is 0 Å². The SMILES string of the molecule is COc1cc(C(=O)N2CCC(NC(=O)c3ccccc3Cl)c3c2cnn3C)ccc1Cl. The Hall–Kier alpha value is -3.03. The fraction of sp³-hybridized carbons (Fsp3) is 0.227. The Bertz CT molecular complexity index is 1160. The van der Waals surface area contributed by atoms with E-state index in [-0.39, 0.29) is 17.9 Å². The molecule has 0 aliphatic carbocycles. The molecule has 0 saturated carbocycles. The molecule has 1 N–H and O–H groups in total. The third kappa shape index (κ3) is 3.98. The number of fused-ring (bicyclic) bond motifs is 1. The number of hydrogen-bond donors (Lipinski definition) is 1. The molecule has 1 aliphatic rings. The summed E-state index contributed by atoms with van der Waals surface area (Å²) in [7, 11) is 3.29. The Morgan fingerprint density at radius 2 is 1.94 bits per heavy atom. The number of amides is 2. The van der Waals surface area contributed by atoms with Crippen molar-refractivity contribution in [1.82, 2.24) is 15.1 Å². The first kappa shape index (κ1) is 21.2. The van der Waals surface area contributed by atoms with Crippen LogP contribution in [0, 0.1) is 0 Å². The third-order valence-electron chi connectivity index (χ3n) is 5.29. The van der Waals surface area contributed by atoms with Crippen molar-refractivity contribution in [2.45, 2.75) is 12.5 Å². The molecule has 7 nitrogen and oxygen atoms in total. The molecular weight excluding hydrogens is 439 g/mol. The molecule has 1 atom stereocenters. The van der Waals surface area contributed by atoms with Crippen LogP contribution in [0.3, 0.4) is 0 Å². The van der Waals surface area contributed by atoms with E-state index in [0.29, 0.717) is 45.6 Å². The second kappa shape index (κ2) is 8.61. The first-order valence-corrected chi connectivity index (χ1v) is 10.4. The van der Waals surface area contributed by atoms with Gasteiger partial charge in [-0.15, -0.1) is 0 Å². The zero-order valence-electron chi connectivity index (χ0n) is 16.9. The topological polar surface area (TPSA) is 76.5 Å². The molecule has 3 aromatic rings. The maximum atomic E-state index is 13.2. The summed E-state index contributed by atoms with van der Waals surface area (Å²) >= 11 is 12.3. The molecule has 31 heavy (non-hydrogen) atoms. The van der Waals surface area contributed by atoms with Gasteiger partial charge in [0.05, 0.1) is 46.3 Å². The lowest BCUT2D eigenvalue weighted by Gasteiger charge is -2.32. The Balaban J connectivity index is 1.61. The highest BCUT2D eigenvalue weighted by Gasteiger charge is 2.33. The molecule has 0 radical (unpaired) electrons. The van der Waals surface area contributed by atoms with Gasteiger partial charge >= 0.3 is 0 Å². The van der Waals surface area contributed by atoms with E-state index >= 15 is 0 Å². The first-order chi connectivity index (χ1) is 14.9. The molecule has 0 fully saturated rings. The van der Waals surface area contributed by atoms with Gasteiger partial charge in [0.15, 0.2) is 0 Å². The van der Waals surface area contributed by atoms with Gasteiger partial charge in [-0.25, -0.2) is 0 Å². The minimum absolute atomic E-state index is 0.194. The van der Waals surface area contributed by atoms with Crippen LogP contribution in [0.5, 0.6) is 5.75 Å². The summed E-state index contributed by atoms with van der Waals surface area (Å²) in [6.07, 6.45) is 2.16. The predicted octanol–water partition coefficient (Wildman–Crippen LogP) is 4.26. The fourth-order valence-corrected chi connectivity index (χ4v) is 4.16. The summed E-state index contributed by atoms with van der Waals surface area (Å²) in [5, 5.41) is 8.16. The second-order valence-electron chi connectivity index (χ2n) is 7.14. The Morgan fingerprint density at radius 1 is 1.16 bits per heavy atom. The summed E-state index contributed by atoms with van der Waals surface area (Å²) in [6, 6.07) is 11.5. The molecular formula is C22H20Cl2N4O3. The van der Waals surface area contributed by atoms with Gasteiger partial charge in [-0.1, -0.05) is 35.3 Å². The predicted molar refractivity (Wildman–Crippen MR) is 119 cm³/mol. The minimum atomic E-state index is -0.310. The van der Waals surface area contributed by atoms with Crippen LogP contribution in [0.25, 0.3) is 0 Å². The van der Waals surface area contributed by atoms with E-state index in [1.165, 1.54) is 7.11 Å². The third-order valence-corrected chi connectivity index (χ3v) is 5.94. The molecule has 4 rings (SSSR count). The summed E-state index contributed by atoms with van der Waals surface area (Å²) in [5.41, 5.74) is 2.26. The summed E-state index contributed by atoms with van der Waals surface area (Å²) < 4.78 is 6.91. The second-order valence-corrected chi connectivity index (χ2v) is 7.95. The van der Waals surface area contributed by atoms with Crippen LogP contribution in [0.15, 0.2) is 48.7 Å². The highest BCUT2D eigenvalue weighted by Crippen LogP contribution is 2.35. The number of benzene rings is 2. The molecule has 1 unspecified atom stereocenters. The number of hydrogen-bond acceptors (Lipinski definition) is 4. The highest BCUT2D eigenvalue weighted by atomic mass is 35.5. The normalized spacial score (nSPS) is 15.4. The first-order valence-electron chi connectivity index (χ1n) is 9.63. The standard InChI is InChI=1S/C22H20Cl2N4O3/c1-27-20-17(26-21(29)14-5-3-4-6-15(14)23)9-10-28(18(20)12-25-27)22(30)13-7-8-16(24)19(11-13)31-2/h3-8,11-12,17H,9-10H2,1-2H3,(H,26,29). The monoisotopic (exact) mass is 458 g/mol. The van der Waals surface area contributed by atoms with Gasteiger partial charge in [-0.05, 0) is 36.8 Å². The minimum Gasteiger partial charge on any atom is -0.495 e. The lowest BCUT2D eigenvalue weighted by molar-refractivity contribution is 0.0931. The number of carbonyl (C=O) groups excluding carboxylic acids is 2. The lowest BCUT2D eigenvalue weighted by Crippen LogP contribution is -2.41. The number of nitrogens with zero attached hydrogens (tertiary/aromatic N) is 3. The molecule has 1 aliphatic heterocycles. The van der Waals surface area contributed by atoms with Crippen LogP contribution >= 0.6 is 23.2 Å². The maximum Gasteiger partial charge on any atom is 0.258 e. The molecule has 2 amide bonds.